The molecule has 0 aliphatic carbocycles. The number of aromatic nitrogens is 1. The number of amides is 1. The Balaban J connectivity index is 1.38. The van der Waals surface area contributed by atoms with Gasteiger partial charge in [0.15, 0.2) is 0 Å². The molecule has 0 bridgehead atoms. The second-order valence-corrected chi connectivity index (χ2v) is 10.2. The monoisotopic (exact) mass is 441 g/mol. The maximum absolute atomic E-state index is 12.8. The summed E-state index contributed by atoms with van der Waals surface area (Å²) in [6.07, 6.45) is 6.01. The summed E-state index contributed by atoms with van der Waals surface area (Å²) in [7, 11) is -3.48. The molecule has 1 aromatic heterocycles. The van der Waals surface area contributed by atoms with Crippen LogP contribution in [0.3, 0.4) is 0 Å². The molecule has 1 amide bonds. The highest BCUT2D eigenvalue weighted by Gasteiger charge is 2.25. The molecular weight excluding hydrogens is 418 g/mol. The molecule has 4 rings (SSSR count). The summed E-state index contributed by atoms with van der Waals surface area (Å²) in [6, 6.07) is 14.6. The maximum Gasteiger partial charge on any atom is 0.244 e. The van der Waals surface area contributed by atoms with E-state index in [0.29, 0.717) is 13.1 Å². The Morgan fingerprint density at radius 3 is 2.70 bits per heavy atom. The smallest absolute Gasteiger partial charge is 0.244 e. The van der Waals surface area contributed by atoms with Gasteiger partial charge >= 0.3 is 0 Å². The zero-order valence-corrected chi connectivity index (χ0v) is 18.1. The number of piperidine rings is 1. The average molecular weight is 442 g/mol. The van der Waals surface area contributed by atoms with Gasteiger partial charge in [0.2, 0.25) is 15.9 Å². The number of sulfonamides is 1. The van der Waals surface area contributed by atoms with E-state index in [2.05, 4.69) is 10.3 Å². The fourth-order valence-corrected chi connectivity index (χ4v) is 5.88. The molecule has 6 nitrogen and oxygen atoms in total. The van der Waals surface area contributed by atoms with Gasteiger partial charge in [0, 0.05) is 25.7 Å². The van der Waals surface area contributed by atoms with Crippen molar-refractivity contribution in [3.8, 4) is 0 Å². The van der Waals surface area contributed by atoms with Gasteiger partial charge in [-0.2, -0.15) is 4.31 Å². The number of hydrogen-bond donors (Lipinski definition) is 1. The summed E-state index contributed by atoms with van der Waals surface area (Å²) in [5.74, 6) is -0.251. The number of carbonyl (C=O) groups is 1. The van der Waals surface area contributed by atoms with Crippen molar-refractivity contribution >= 4 is 43.6 Å². The van der Waals surface area contributed by atoms with E-state index in [1.54, 1.807) is 28.6 Å². The number of hydrogen-bond acceptors (Lipinski definition) is 5. The largest absolute Gasteiger partial charge is 0.348 e. The fraction of sp³-hybridized carbons (Fsp3) is 0.273. The van der Waals surface area contributed by atoms with E-state index in [1.807, 2.05) is 30.3 Å². The molecule has 2 aromatic carbocycles. The zero-order chi connectivity index (χ0) is 21.0. The minimum atomic E-state index is -3.48. The van der Waals surface area contributed by atoms with Crippen molar-refractivity contribution in [1.82, 2.24) is 14.6 Å². The van der Waals surface area contributed by atoms with Crippen molar-refractivity contribution in [1.29, 1.82) is 0 Å². The molecule has 1 saturated heterocycles. The molecular formula is C22H23N3O3S2. The number of para-hydroxylation sites is 1. The van der Waals surface area contributed by atoms with Crippen molar-refractivity contribution in [3.05, 3.63) is 65.2 Å². The number of rotatable bonds is 6. The summed E-state index contributed by atoms with van der Waals surface area (Å²) < 4.78 is 28.3. The van der Waals surface area contributed by atoms with Crippen LogP contribution in [-0.4, -0.2) is 36.7 Å². The molecule has 0 spiro atoms. The lowest BCUT2D eigenvalue weighted by Crippen LogP contribution is -2.35. The van der Waals surface area contributed by atoms with Gasteiger partial charge in [0.05, 0.1) is 15.1 Å². The third-order valence-electron chi connectivity index (χ3n) is 5.01. The number of carbonyl (C=O) groups excluding carboxylic acids is 1. The van der Waals surface area contributed by atoms with Gasteiger partial charge in [0.25, 0.3) is 0 Å². The normalized spacial score (nSPS) is 15.6. The summed E-state index contributed by atoms with van der Waals surface area (Å²) in [5.41, 5.74) is 1.66. The van der Waals surface area contributed by atoms with Crippen LogP contribution < -0.4 is 5.32 Å². The summed E-state index contributed by atoms with van der Waals surface area (Å²) in [4.78, 5) is 16.9. The average Bonchev–Trinajstić information content (AvgIpc) is 3.20. The van der Waals surface area contributed by atoms with Crippen LogP contribution in [0, 0.1) is 0 Å². The molecule has 2 heterocycles. The van der Waals surface area contributed by atoms with Crippen LogP contribution in [0.1, 0.15) is 29.8 Å². The van der Waals surface area contributed by atoms with Crippen molar-refractivity contribution in [2.75, 3.05) is 13.1 Å². The number of fused-ring (bicyclic) bond motifs is 1. The number of benzene rings is 2. The van der Waals surface area contributed by atoms with E-state index in [4.69, 9.17) is 0 Å². The minimum absolute atomic E-state index is 0.251. The Bertz CT molecular complexity index is 1150. The molecule has 0 radical (unpaired) electrons. The Morgan fingerprint density at radius 1 is 1.10 bits per heavy atom. The van der Waals surface area contributed by atoms with E-state index in [1.165, 1.54) is 17.4 Å². The maximum atomic E-state index is 12.8. The lowest BCUT2D eigenvalue weighted by Gasteiger charge is -2.26. The summed E-state index contributed by atoms with van der Waals surface area (Å²) >= 11 is 1.52. The van der Waals surface area contributed by atoms with E-state index in [-0.39, 0.29) is 17.3 Å². The molecule has 0 saturated carbocycles. The molecule has 3 aromatic rings. The van der Waals surface area contributed by atoms with Gasteiger partial charge in [-0.3, -0.25) is 4.79 Å². The van der Waals surface area contributed by atoms with Crippen LogP contribution in [0.25, 0.3) is 16.3 Å². The van der Waals surface area contributed by atoms with E-state index >= 15 is 0 Å². The van der Waals surface area contributed by atoms with Gasteiger partial charge in [0.1, 0.15) is 5.01 Å². The zero-order valence-electron chi connectivity index (χ0n) is 16.5. The third-order valence-corrected chi connectivity index (χ3v) is 7.90. The highest BCUT2D eigenvalue weighted by Crippen LogP contribution is 2.23. The molecule has 1 fully saturated rings. The number of nitrogens with zero attached hydrogens (tertiary/aromatic N) is 2. The Labute approximate surface area is 180 Å². The number of thiazole rings is 1. The first-order valence-electron chi connectivity index (χ1n) is 9.93. The van der Waals surface area contributed by atoms with Gasteiger partial charge in [-0.05, 0) is 48.7 Å². The molecule has 30 heavy (non-hydrogen) atoms. The van der Waals surface area contributed by atoms with Gasteiger partial charge < -0.3 is 5.32 Å². The SMILES string of the molecule is O=C(/C=C/c1nc2ccccc2s1)NCc1cccc(S(=O)(=O)N2CCCCC2)c1. The van der Waals surface area contributed by atoms with Gasteiger partial charge in [-0.25, -0.2) is 13.4 Å². The first-order chi connectivity index (χ1) is 14.5. The van der Waals surface area contributed by atoms with Gasteiger partial charge in [-0.1, -0.05) is 30.7 Å². The Hall–Kier alpha value is -2.55. The minimum Gasteiger partial charge on any atom is -0.348 e. The molecule has 8 heteroatoms. The van der Waals surface area contributed by atoms with Crippen molar-refractivity contribution < 1.29 is 13.2 Å². The van der Waals surface area contributed by atoms with Crippen LogP contribution in [0.4, 0.5) is 0 Å². The first kappa shape index (κ1) is 20.7. The molecule has 0 atom stereocenters. The van der Waals surface area contributed by atoms with Crippen molar-refractivity contribution in [3.63, 3.8) is 0 Å². The summed E-state index contributed by atoms with van der Waals surface area (Å²) in [6.45, 7) is 1.39. The van der Waals surface area contributed by atoms with Crippen molar-refractivity contribution in [2.24, 2.45) is 0 Å². The second kappa shape index (κ2) is 9.07. The fourth-order valence-electron chi connectivity index (χ4n) is 3.43. The van der Waals surface area contributed by atoms with E-state index in [9.17, 15) is 13.2 Å². The van der Waals surface area contributed by atoms with Crippen LogP contribution in [-0.2, 0) is 21.4 Å². The Morgan fingerprint density at radius 2 is 1.90 bits per heavy atom. The van der Waals surface area contributed by atoms with Crippen LogP contribution in [0.15, 0.2) is 59.5 Å². The topological polar surface area (TPSA) is 79.4 Å². The summed E-state index contributed by atoms with van der Waals surface area (Å²) in [5, 5.41) is 3.57. The van der Waals surface area contributed by atoms with Crippen LogP contribution >= 0.6 is 11.3 Å². The third kappa shape index (κ3) is 4.77. The Kier molecular flexibility index (Phi) is 6.26. The highest BCUT2D eigenvalue weighted by molar-refractivity contribution is 7.89. The van der Waals surface area contributed by atoms with Crippen LogP contribution in [0.5, 0.6) is 0 Å². The molecule has 1 aliphatic rings. The molecule has 0 unspecified atom stereocenters. The standard InChI is InChI=1S/C22H23N3O3S2/c26-21(11-12-22-24-19-9-2-3-10-20(19)29-22)23-16-17-7-6-8-18(15-17)30(27,28)25-13-4-1-5-14-25/h2-3,6-12,15H,1,4-5,13-14,16H2,(H,23,26)/b12-11+. The molecule has 1 aliphatic heterocycles. The van der Waals surface area contributed by atoms with Crippen molar-refractivity contribution in [2.45, 2.75) is 30.7 Å². The number of nitrogens with one attached hydrogen (secondary N) is 1. The lowest BCUT2D eigenvalue weighted by atomic mass is 10.2. The second-order valence-electron chi connectivity index (χ2n) is 7.18. The quantitative estimate of drug-likeness (QED) is 0.590. The van der Waals surface area contributed by atoms with E-state index in [0.717, 1.165) is 40.1 Å². The lowest BCUT2D eigenvalue weighted by molar-refractivity contribution is -0.116. The predicted octanol–water partition coefficient (Wildman–Crippen LogP) is 3.80. The first-order valence-corrected chi connectivity index (χ1v) is 12.2. The predicted molar refractivity (Wildman–Crippen MR) is 120 cm³/mol. The molecule has 1 N–H and O–H groups in total. The van der Waals surface area contributed by atoms with Crippen LogP contribution in [0.2, 0.25) is 0 Å². The van der Waals surface area contributed by atoms with Gasteiger partial charge in [-0.15, -0.1) is 11.3 Å². The highest BCUT2D eigenvalue weighted by atomic mass is 32.2. The molecule has 156 valence electrons. The van der Waals surface area contributed by atoms with E-state index < -0.39 is 10.0 Å².